The Morgan fingerprint density at radius 2 is 2.00 bits per heavy atom. The molecule has 2 aliphatic heterocycles. The number of piperazine rings is 1. The Bertz CT molecular complexity index is 255. The minimum Gasteiger partial charge on any atom is -0.380 e. The minimum atomic E-state index is 0.256. The van der Waals surface area contributed by atoms with Crippen molar-refractivity contribution in [3.63, 3.8) is 0 Å². The van der Waals surface area contributed by atoms with Crippen molar-refractivity contribution >= 4 is 0 Å². The van der Waals surface area contributed by atoms with Crippen LogP contribution in [0.5, 0.6) is 0 Å². The third-order valence-corrected chi connectivity index (χ3v) is 4.85. The van der Waals surface area contributed by atoms with Gasteiger partial charge >= 0.3 is 0 Å². The molecule has 2 fully saturated rings. The summed E-state index contributed by atoms with van der Waals surface area (Å²) in [5.74, 6) is 0. The molecule has 0 spiro atoms. The summed E-state index contributed by atoms with van der Waals surface area (Å²) in [6.07, 6.45) is 3.63. The van der Waals surface area contributed by atoms with Crippen molar-refractivity contribution in [2.75, 3.05) is 26.3 Å². The van der Waals surface area contributed by atoms with Crippen molar-refractivity contribution in [1.82, 2.24) is 10.2 Å². The fraction of sp³-hybridized carbons (Fsp3) is 1.00. The Labute approximate surface area is 106 Å². The van der Waals surface area contributed by atoms with E-state index in [1.807, 2.05) is 0 Å². The molecule has 1 atom stereocenters. The van der Waals surface area contributed by atoms with Gasteiger partial charge in [0.05, 0.1) is 6.61 Å². The molecule has 1 unspecified atom stereocenters. The molecule has 0 bridgehead atoms. The summed E-state index contributed by atoms with van der Waals surface area (Å²) in [4.78, 5) is 2.70. The van der Waals surface area contributed by atoms with Crippen LogP contribution in [-0.2, 0) is 4.74 Å². The first-order valence-electron chi connectivity index (χ1n) is 7.12. The molecular weight excluding hydrogens is 212 g/mol. The van der Waals surface area contributed by atoms with Gasteiger partial charge < -0.3 is 10.1 Å². The van der Waals surface area contributed by atoms with E-state index in [0.717, 1.165) is 19.8 Å². The molecule has 3 nitrogen and oxygen atoms in total. The topological polar surface area (TPSA) is 24.5 Å². The maximum absolute atomic E-state index is 5.58. The first-order chi connectivity index (χ1) is 8.03. The number of nitrogens with one attached hydrogen (secondary N) is 1. The molecule has 0 radical (unpaired) electrons. The Morgan fingerprint density at radius 1 is 1.29 bits per heavy atom. The SMILES string of the molecule is CCC1(CC)CN(C2CCOC2)C(C)(C)CN1. The van der Waals surface area contributed by atoms with Crippen LogP contribution in [0.15, 0.2) is 0 Å². The third kappa shape index (κ3) is 2.51. The number of hydrogen-bond acceptors (Lipinski definition) is 3. The highest BCUT2D eigenvalue weighted by atomic mass is 16.5. The second-order valence-corrected chi connectivity index (χ2v) is 6.30. The number of ether oxygens (including phenoxy) is 1. The third-order valence-electron chi connectivity index (χ3n) is 4.85. The first kappa shape index (κ1) is 13.3. The zero-order valence-electron chi connectivity index (χ0n) is 11.9. The summed E-state index contributed by atoms with van der Waals surface area (Å²) in [5.41, 5.74) is 0.574. The van der Waals surface area contributed by atoms with Crippen molar-refractivity contribution in [1.29, 1.82) is 0 Å². The van der Waals surface area contributed by atoms with Gasteiger partial charge in [-0.3, -0.25) is 4.90 Å². The molecule has 17 heavy (non-hydrogen) atoms. The highest BCUT2D eigenvalue weighted by Crippen LogP contribution is 2.31. The van der Waals surface area contributed by atoms with Gasteiger partial charge in [0.15, 0.2) is 0 Å². The molecular formula is C14H28N2O. The molecule has 3 heteroatoms. The summed E-state index contributed by atoms with van der Waals surface area (Å²) < 4.78 is 5.58. The van der Waals surface area contributed by atoms with E-state index in [9.17, 15) is 0 Å². The van der Waals surface area contributed by atoms with Crippen molar-refractivity contribution in [2.45, 2.75) is 64.1 Å². The van der Waals surface area contributed by atoms with Crippen LogP contribution in [0.2, 0.25) is 0 Å². The summed E-state index contributed by atoms with van der Waals surface area (Å²) in [7, 11) is 0. The molecule has 100 valence electrons. The molecule has 2 saturated heterocycles. The van der Waals surface area contributed by atoms with Crippen LogP contribution >= 0.6 is 0 Å². The van der Waals surface area contributed by atoms with Gasteiger partial charge in [-0.1, -0.05) is 13.8 Å². The number of nitrogens with zero attached hydrogens (tertiary/aromatic N) is 1. The van der Waals surface area contributed by atoms with Crippen molar-refractivity contribution in [2.24, 2.45) is 0 Å². The maximum atomic E-state index is 5.58. The summed E-state index contributed by atoms with van der Waals surface area (Å²) in [6.45, 7) is 13.4. The van der Waals surface area contributed by atoms with Crippen molar-refractivity contribution < 1.29 is 4.74 Å². The van der Waals surface area contributed by atoms with E-state index < -0.39 is 0 Å². The smallest absolute Gasteiger partial charge is 0.0622 e. The van der Waals surface area contributed by atoms with E-state index in [0.29, 0.717) is 11.6 Å². The van der Waals surface area contributed by atoms with E-state index in [-0.39, 0.29) is 5.54 Å². The van der Waals surface area contributed by atoms with Gasteiger partial charge in [-0.15, -0.1) is 0 Å². The summed E-state index contributed by atoms with van der Waals surface area (Å²) in [5, 5.41) is 3.79. The van der Waals surface area contributed by atoms with Gasteiger partial charge in [0.1, 0.15) is 0 Å². The Balaban J connectivity index is 2.13. The normalized spacial score (nSPS) is 32.8. The largest absolute Gasteiger partial charge is 0.380 e. The van der Waals surface area contributed by atoms with Crippen LogP contribution in [0.25, 0.3) is 0 Å². The van der Waals surface area contributed by atoms with Crippen LogP contribution in [0, 0.1) is 0 Å². The molecule has 0 aliphatic carbocycles. The lowest BCUT2D eigenvalue weighted by Gasteiger charge is -2.54. The fourth-order valence-corrected chi connectivity index (χ4v) is 3.22. The zero-order valence-corrected chi connectivity index (χ0v) is 11.9. The van der Waals surface area contributed by atoms with Gasteiger partial charge in [0.2, 0.25) is 0 Å². The van der Waals surface area contributed by atoms with Crippen molar-refractivity contribution in [3.05, 3.63) is 0 Å². The summed E-state index contributed by atoms with van der Waals surface area (Å²) in [6, 6.07) is 0.629. The molecule has 0 aromatic carbocycles. The van der Waals surface area contributed by atoms with Gasteiger partial charge in [0.25, 0.3) is 0 Å². The van der Waals surface area contributed by atoms with Crippen LogP contribution in [0.4, 0.5) is 0 Å². The predicted octanol–water partition coefficient (Wildman–Crippen LogP) is 2.02. The van der Waals surface area contributed by atoms with Gasteiger partial charge in [0, 0.05) is 36.8 Å². The quantitative estimate of drug-likeness (QED) is 0.817. The molecule has 1 N–H and O–H groups in total. The average molecular weight is 240 g/mol. The number of hydrogen-bond donors (Lipinski definition) is 1. The second kappa shape index (κ2) is 4.87. The van der Waals surface area contributed by atoms with Gasteiger partial charge in [-0.05, 0) is 33.1 Å². The Morgan fingerprint density at radius 3 is 2.53 bits per heavy atom. The lowest BCUT2D eigenvalue weighted by Crippen LogP contribution is -2.69. The summed E-state index contributed by atoms with van der Waals surface area (Å²) >= 11 is 0. The maximum Gasteiger partial charge on any atom is 0.0622 e. The minimum absolute atomic E-state index is 0.256. The van der Waals surface area contributed by atoms with Gasteiger partial charge in [-0.25, -0.2) is 0 Å². The monoisotopic (exact) mass is 240 g/mol. The molecule has 2 aliphatic rings. The Kier molecular flexibility index (Phi) is 3.81. The molecule has 0 saturated carbocycles. The molecule has 0 aromatic heterocycles. The second-order valence-electron chi connectivity index (χ2n) is 6.30. The molecule has 0 aromatic rings. The standard InChI is InChI=1S/C14H28N2O/c1-5-14(6-2)11-16(12-7-8-17-9-12)13(3,4)10-15-14/h12,15H,5-11H2,1-4H3. The zero-order chi connectivity index (χ0) is 12.5. The highest BCUT2D eigenvalue weighted by Gasteiger charge is 2.44. The number of rotatable bonds is 3. The lowest BCUT2D eigenvalue weighted by molar-refractivity contribution is -0.0132. The first-order valence-corrected chi connectivity index (χ1v) is 7.12. The van der Waals surface area contributed by atoms with Gasteiger partial charge in [-0.2, -0.15) is 0 Å². The van der Waals surface area contributed by atoms with Crippen LogP contribution in [-0.4, -0.2) is 48.3 Å². The van der Waals surface area contributed by atoms with E-state index in [1.165, 1.54) is 25.8 Å². The van der Waals surface area contributed by atoms with E-state index >= 15 is 0 Å². The van der Waals surface area contributed by atoms with Crippen LogP contribution in [0.1, 0.15) is 47.0 Å². The lowest BCUT2D eigenvalue weighted by atomic mass is 9.83. The van der Waals surface area contributed by atoms with E-state index in [4.69, 9.17) is 4.74 Å². The molecule has 0 amide bonds. The average Bonchev–Trinajstić information content (AvgIpc) is 2.83. The predicted molar refractivity (Wildman–Crippen MR) is 71.3 cm³/mol. The van der Waals surface area contributed by atoms with Crippen LogP contribution in [0.3, 0.4) is 0 Å². The Hall–Kier alpha value is -0.120. The molecule has 2 rings (SSSR count). The highest BCUT2D eigenvalue weighted by molar-refractivity contribution is 5.03. The van der Waals surface area contributed by atoms with Crippen LogP contribution < -0.4 is 5.32 Å². The fourth-order valence-electron chi connectivity index (χ4n) is 3.22. The van der Waals surface area contributed by atoms with E-state index in [1.54, 1.807) is 0 Å². The molecule has 2 heterocycles. The van der Waals surface area contributed by atoms with E-state index in [2.05, 4.69) is 37.9 Å². The van der Waals surface area contributed by atoms with Crippen molar-refractivity contribution in [3.8, 4) is 0 Å².